The zero-order chi connectivity index (χ0) is 8.36. The molecule has 1 unspecified atom stereocenters. The summed E-state index contributed by atoms with van der Waals surface area (Å²) in [5.74, 6) is -4.81. The number of alkyl halides is 1. The highest BCUT2D eigenvalue weighted by Crippen LogP contribution is 2.22. The maximum atomic E-state index is 12.9. The van der Waals surface area contributed by atoms with Crippen LogP contribution in [0, 0.1) is 5.92 Å². The van der Waals surface area contributed by atoms with Crippen LogP contribution < -0.4 is 0 Å². The predicted molar refractivity (Wildman–Crippen MR) is 33.3 cm³/mol. The van der Waals surface area contributed by atoms with Crippen molar-refractivity contribution in [1.29, 1.82) is 0 Å². The summed E-state index contributed by atoms with van der Waals surface area (Å²) in [6.45, 7) is 2.88. The third kappa shape index (κ3) is 1.44. The van der Waals surface area contributed by atoms with Gasteiger partial charge in [0.15, 0.2) is 0 Å². The fraction of sp³-hybridized carbons (Fsp3) is 0.833. The van der Waals surface area contributed by atoms with Gasteiger partial charge >= 0.3 is 11.8 Å². The molecule has 0 saturated carbocycles. The lowest BCUT2D eigenvalue weighted by Crippen LogP contribution is -2.40. The zero-order valence-electron chi connectivity index (χ0n) is 6.22. The molecule has 1 N–H and O–H groups in total. The second-order valence-electron chi connectivity index (χ2n) is 2.31. The molecule has 0 radical (unpaired) electrons. The average molecular weight is 150 g/mol. The normalized spacial score (nSPS) is 16.9. The van der Waals surface area contributed by atoms with Crippen molar-refractivity contribution in [3.63, 3.8) is 0 Å². The van der Waals surface area contributed by atoms with E-state index in [1.165, 1.54) is 13.8 Å². The monoisotopic (exact) mass is 150 g/mol. The summed E-state index contributed by atoms with van der Waals surface area (Å²) in [6, 6.07) is 0. The van der Waals surface area contributed by atoms with Crippen molar-refractivity contribution in [1.82, 2.24) is 0 Å². The zero-order valence-corrected chi connectivity index (χ0v) is 6.22. The second-order valence-corrected chi connectivity index (χ2v) is 2.31. The van der Waals surface area contributed by atoms with Crippen LogP contribution in [0.1, 0.15) is 13.8 Å². The van der Waals surface area contributed by atoms with Crippen molar-refractivity contribution >= 4 is 5.97 Å². The largest absolute Gasteiger partial charge is 0.477 e. The molecule has 0 spiro atoms. The lowest BCUT2D eigenvalue weighted by atomic mass is 10.1. The van der Waals surface area contributed by atoms with Crippen LogP contribution in [0.15, 0.2) is 0 Å². The van der Waals surface area contributed by atoms with E-state index in [0.717, 1.165) is 7.11 Å². The Kier molecular flexibility index (Phi) is 2.77. The topological polar surface area (TPSA) is 46.5 Å². The lowest BCUT2D eigenvalue weighted by Gasteiger charge is -2.21. The molecule has 0 bridgehead atoms. The molecule has 0 heterocycles. The average Bonchev–Trinajstić information content (AvgIpc) is 1.85. The molecule has 0 aromatic heterocycles. The van der Waals surface area contributed by atoms with Crippen molar-refractivity contribution in [2.24, 2.45) is 5.92 Å². The molecule has 0 amide bonds. The van der Waals surface area contributed by atoms with Gasteiger partial charge in [0.05, 0.1) is 0 Å². The van der Waals surface area contributed by atoms with E-state index in [2.05, 4.69) is 4.74 Å². The van der Waals surface area contributed by atoms with E-state index in [9.17, 15) is 9.18 Å². The number of hydrogen-bond acceptors (Lipinski definition) is 2. The molecule has 0 aliphatic heterocycles. The van der Waals surface area contributed by atoms with Crippen LogP contribution in [0.2, 0.25) is 0 Å². The minimum absolute atomic E-state index is 0.685. The Bertz CT molecular complexity index is 135. The smallest absolute Gasteiger partial charge is 0.369 e. The third-order valence-electron chi connectivity index (χ3n) is 1.33. The number of carbonyl (C=O) groups is 1. The first-order chi connectivity index (χ1) is 4.45. The van der Waals surface area contributed by atoms with Gasteiger partial charge in [0.2, 0.25) is 0 Å². The maximum Gasteiger partial charge on any atom is 0.369 e. The molecule has 0 aromatic rings. The SMILES string of the molecule is COC(F)(C(=O)O)C(C)C. The summed E-state index contributed by atoms with van der Waals surface area (Å²) >= 11 is 0. The minimum Gasteiger partial charge on any atom is -0.477 e. The number of aliphatic carboxylic acids is 1. The first kappa shape index (κ1) is 9.36. The van der Waals surface area contributed by atoms with Crippen LogP contribution in [0.25, 0.3) is 0 Å². The number of ether oxygens (including phenoxy) is 1. The highest BCUT2D eigenvalue weighted by Gasteiger charge is 2.42. The number of halogens is 1. The number of hydrogen-bond donors (Lipinski definition) is 1. The summed E-state index contributed by atoms with van der Waals surface area (Å²) in [6.07, 6.45) is 0. The van der Waals surface area contributed by atoms with Gasteiger partial charge in [-0.3, -0.25) is 0 Å². The van der Waals surface area contributed by atoms with Gasteiger partial charge in [-0.05, 0) is 0 Å². The highest BCUT2D eigenvalue weighted by molar-refractivity contribution is 5.75. The van der Waals surface area contributed by atoms with Crippen LogP contribution >= 0.6 is 0 Å². The molecule has 0 aliphatic rings. The van der Waals surface area contributed by atoms with E-state index in [1.54, 1.807) is 0 Å². The third-order valence-corrected chi connectivity index (χ3v) is 1.33. The van der Waals surface area contributed by atoms with Gasteiger partial charge in [-0.2, -0.15) is 4.39 Å². The van der Waals surface area contributed by atoms with Crippen molar-refractivity contribution < 1.29 is 19.0 Å². The molecular weight excluding hydrogens is 139 g/mol. The summed E-state index contributed by atoms with van der Waals surface area (Å²) in [7, 11) is 1.04. The summed E-state index contributed by atoms with van der Waals surface area (Å²) in [5.41, 5.74) is 0. The van der Waals surface area contributed by atoms with E-state index < -0.39 is 17.7 Å². The highest BCUT2D eigenvalue weighted by atomic mass is 19.2. The fourth-order valence-corrected chi connectivity index (χ4v) is 0.570. The summed E-state index contributed by atoms with van der Waals surface area (Å²) in [5, 5.41) is 8.30. The minimum atomic E-state index is -2.54. The maximum absolute atomic E-state index is 12.9. The van der Waals surface area contributed by atoms with Gasteiger partial charge in [0.25, 0.3) is 0 Å². The standard InChI is InChI=1S/C6H11FO3/c1-4(2)6(7,10-3)5(8)9/h4H,1-3H3,(H,8,9). The molecule has 4 heteroatoms. The first-order valence-electron chi connectivity index (χ1n) is 2.92. The van der Waals surface area contributed by atoms with E-state index in [4.69, 9.17) is 5.11 Å². The predicted octanol–water partition coefficient (Wildman–Crippen LogP) is 1.04. The Balaban J connectivity index is 4.38. The van der Waals surface area contributed by atoms with E-state index in [-0.39, 0.29) is 0 Å². The Labute approximate surface area is 58.8 Å². The van der Waals surface area contributed by atoms with Crippen LogP contribution in [0.5, 0.6) is 0 Å². The van der Waals surface area contributed by atoms with Crippen LogP contribution in [-0.2, 0) is 9.53 Å². The number of rotatable bonds is 3. The van der Waals surface area contributed by atoms with Crippen LogP contribution in [-0.4, -0.2) is 24.0 Å². The van der Waals surface area contributed by atoms with Gasteiger partial charge < -0.3 is 9.84 Å². The van der Waals surface area contributed by atoms with Gasteiger partial charge in [-0.25, -0.2) is 4.79 Å². The van der Waals surface area contributed by atoms with Gasteiger partial charge in [-0.1, -0.05) is 13.8 Å². The molecule has 0 saturated heterocycles. The second kappa shape index (κ2) is 2.96. The Morgan fingerprint density at radius 1 is 1.70 bits per heavy atom. The van der Waals surface area contributed by atoms with Crippen molar-refractivity contribution in [2.45, 2.75) is 19.7 Å². The van der Waals surface area contributed by atoms with Crippen LogP contribution in [0.3, 0.4) is 0 Å². The number of methoxy groups -OCH3 is 1. The molecule has 10 heavy (non-hydrogen) atoms. The molecule has 60 valence electrons. The van der Waals surface area contributed by atoms with Crippen LogP contribution in [0.4, 0.5) is 4.39 Å². The Morgan fingerprint density at radius 2 is 2.10 bits per heavy atom. The molecule has 0 aliphatic carbocycles. The van der Waals surface area contributed by atoms with Crippen molar-refractivity contribution in [3.8, 4) is 0 Å². The first-order valence-corrected chi connectivity index (χ1v) is 2.92. The quantitative estimate of drug-likeness (QED) is 0.653. The summed E-state index contributed by atoms with van der Waals surface area (Å²) in [4.78, 5) is 10.2. The van der Waals surface area contributed by atoms with Crippen molar-refractivity contribution in [3.05, 3.63) is 0 Å². The molecule has 0 fully saturated rings. The van der Waals surface area contributed by atoms with E-state index in [0.29, 0.717) is 0 Å². The van der Waals surface area contributed by atoms with Crippen molar-refractivity contribution in [2.75, 3.05) is 7.11 Å². The number of carboxylic acids is 1. The fourth-order valence-electron chi connectivity index (χ4n) is 0.570. The van der Waals surface area contributed by atoms with Gasteiger partial charge in [0.1, 0.15) is 0 Å². The molecular formula is C6H11FO3. The molecule has 1 atom stereocenters. The lowest BCUT2D eigenvalue weighted by molar-refractivity contribution is -0.199. The van der Waals surface area contributed by atoms with Gasteiger partial charge in [-0.15, -0.1) is 0 Å². The Morgan fingerprint density at radius 3 is 2.10 bits per heavy atom. The number of carboxylic acid groups (broad SMARTS) is 1. The van der Waals surface area contributed by atoms with E-state index >= 15 is 0 Å². The Hall–Kier alpha value is -0.640. The molecule has 0 aromatic carbocycles. The molecule has 3 nitrogen and oxygen atoms in total. The summed E-state index contributed by atoms with van der Waals surface area (Å²) < 4.78 is 17.1. The van der Waals surface area contributed by atoms with E-state index in [1.807, 2.05) is 0 Å². The van der Waals surface area contributed by atoms with Gasteiger partial charge in [0, 0.05) is 13.0 Å². The molecule has 0 rings (SSSR count).